The molecular formula is C27H46O7. The largest absolute Gasteiger partial charge is 0.396 e. The number of fused-ring (bicyclic) bond motifs is 1. The van der Waals surface area contributed by atoms with Gasteiger partial charge in [-0.15, -0.1) is 0 Å². The van der Waals surface area contributed by atoms with E-state index in [9.17, 15) is 35.4 Å². The molecule has 3 fully saturated rings. The van der Waals surface area contributed by atoms with E-state index in [0.717, 1.165) is 19.3 Å². The molecule has 0 aliphatic heterocycles. The van der Waals surface area contributed by atoms with Crippen molar-refractivity contribution in [1.29, 1.82) is 0 Å². The van der Waals surface area contributed by atoms with Crippen LogP contribution in [0.15, 0.2) is 12.2 Å². The molecule has 3 aliphatic rings. The fraction of sp³-hybridized carbons (Fsp3) is 0.889. The summed E-state index contributed by atoms with van der Waals surface area (Å²) in [5.74, 6) is -0.749. The second-order valence-electron chi connectivity index (χ2n) is 12.1. The number of hydrogen-bond acceptors (Lipinski definition) is 7. The number of ketones is 1. The highest BCUT2D eigenvalue weighted by Crippen LogP contribution is 2.60. The van der Waals surface area contributed by atoms with Crippen molar-refractivity contribution in [3.8, 4) is 0 Å². The number of hydrogen-bond donors (Lipinski definition) is 6. The van der Waals surface area contributed by atoms with Gasteiger partial charge in [0.1, 0.15) is 11.9 Å². The predicted octanol–water partition coefficient (Wildman–Crippen LogP) is 1.67. The maximum Gasteiger partial charge on any atom is 0.145 e. The van der Waals surface area contributed by atoms with Crippen LogP contribution in [-0.4, -0.2) is 74.1 Å². The lowest BCUT2D eigenvalue weighted by molar-refractivity contribution is -0.216. The molecule has 0 aromatic heterocycles. The fourth-order valence-electron chi connectivity index (χ4n) is 7.86. The Bertz CT molecular complexity index is 738. The Morgan fingerprint density at radius 3 is 2.29 bits per heavy atom. The van der Waals surface area contributed by atoms with Gasteiger partial charge in [-0.2, -0.15) is 0 Å². The van der Waals surface area contributed by atoms with Gasteiger partial charge in [-0.25, -0.2) is 0 Å². The van der Waals surface area contributed by atoms with Gasteiger partial charge < -0.3 is 30.6 Å². The minimum Gasteiger partial charge on any atom is -0.396 e. The molecule has 0 amide bonds. The molecule has 7 heteroatoms. The Morgan fingerprint density at radius 1 is 1.03 bits per heavy atom. The van der Waals surface area contributed by atoms with Gasteiger partial charge in [-0.1, -0.05) is 39.8 Å². The molecule has 196 valence electrons. The molecule has 11 atom stereocenters. The first-order chi connectivity index (χ1) is 15.9. The van der Waals surface area contributed by atoms with Crippen molar-refractivity contribution in [1.82, 2.24) is 0 Å². The van der Waals surface area contributed by atoms with Crippen LogP contribution in [0.25, 0.3) is 0 Å². The van der Waals surface area contributed by atoms with Crippen LogP contribution in [0, 0.1) is 46.3 Å². The first-order valence-corrected chi connectivity index (χ1v) is 13.1. The molecule has 3 saturated carbocycles. The Hall–Kier alpha value is -0.830. The van der Waals surface area contributed by atoms with Crippen LogP contribution in [0.2, 0.25) is 0 Å². The molecule has 34 heavy (non-hydrogen) atoms. The van der Waals surface area contributed by atoms with Crippen LogP contribution >= 0.6 is 0 Å². The molecule has 0 bridgehead atoms. The van der Waals surface area contributed by atoms with E-state index in [1.54, 1.807) is 0 Å². The van der Waals surface area contributed by atoms with Crippen LogP contribution in [0.5, 0.6) is 0 Å². The lowest BCUT2D eigenvalue weighted by Gasteiger charge is -2.56. The van der Waals surface area contributed by atoms with Crippen molar-refractivity contribution in [2.75, 3.05) is 13.2 Å². The zero-order chi connectivity index (χ0) is 25.4. The van der Waals surface area contributed by atoms with Crippen molar-refractivity contribution in [3.63, 3.8) is 0 Å². The van der Waals surface area contributed by atoms with Crippen LogP contribution in [0.3, 0.4) is 0 Å². The van der Waals surface area contributed by atoms with Gasteiger partial charge >= 0.3 is 0 Å². The van der Waals surface area contributed by atoms with Crippen molar-refractivity contribution in [2.24, 2.45) is 46.3 Å². The third-order valence-electron chi connectivity index (χ3n) is 9.64. The van der Waals surface area contributed by atoms with E-state index in [1.165, 1.54) is 0 Å². The standard InChI is InChI=1S/C27H46O7/c1-15(2)6-5-7-16(3)18-8-9-19(26(18,4)10-11-28)17-12-20(30)22-24(33)23(32)21(31)13-27(22,14-29)25(17)34/h5,7,15-24,28-33H,6,8-14H2,1-4H3/b7-5+/t16-,17+,18-,19+,20-,21-,22+,23+,24+,26-,27-/m1/s1. The third-order valence-corrected chi connectivity index (χ3v) is 9.64. The highest BCUT2D eigenvalue weighted by molar-refractivity contribution is 5.89. The number of Topliss-reactive ketones (excluding diaryl/α,β-unsaturated/α-hetero) is 1. The van der Waals surface area contributed by atoms with Gasteiger partial charge in [0.15, 0.2) is 0 Å². The maximum absolute atomic E-state index is 14.0. The monoisotopic (exact) mass is 482 g/mol. The summed E-state index contributed by atoms with van der Waals surface area (Å²) in [6.45, 7) is 8.11. The van der Waals surface area contributed by atoms with Crippen molar-refractivity contribution < 1.29 is 35.4 Å². The number of allylic oxidation sites excluding steroid dienone is 2. The number of carbonyl (C=O) groups is 1. The third kappa shape index (κ3) is 4.64. The van der Waals surface area contributed by atoms with E-state index >= 15 is 0 Å². The Morgan fingerprint density at radius 2 is 1.71 bits per heavy atom. The summed E-state index contributed by atoms with van der Waals surface area (Å²) >= 11 is 0. The zero-order valence-electron chi connectivity index (χ0n) is 21.2. The van der Waals surface area contributed by atoms with E-state index in [-0.39, 0.29) is 48.4 Å². The lowest BCUT2D eigenvalue weighted by atomic mass is 9.50. The molecule has 6 N–H and O–H groups in total. The van der Waals surface area contributed by atoms with Crippen molar-refractivity contribution in [2.45, 2.75) is 90.6 Å². The zero-order valence-corrected chi connectivity index (χ0v) is 21.2. The lowest BCUT2D eigenvalue weighted by Crippen LogP contribution is -2.67. The Balaban J connectivity index is 1.92. The number of carbonyl (C=O) groups excluding carboxylic acids is 1. The number of aliphatic hydroxyl groups is 6. The fourth-order valence-corrected chi connectivity index (χ4v) is 7.86. The second-order valence-corrected chi connectivity index (χ2v) is 12.1. The molecular weight excluding hydrogens is 436 g/mol. The van der Waals surface area contributed by atoms with E-state index in [4.69, 9.17) is 0 Å². The van der Waals surface area contributed by atoms with Gasteiger partial charge in [0.25, 0.3) is 0 Å². The molecule has 0 spiro atoms. The summed E-state index contributed by atoms with van der Waals surface area (Å²) < 4.78 is 0. The summed E-state index contributed by atoms with van der Waals surface area (Å²) in [7, 11) is 0. The number of aliphatic hydroxyl groups excluding tert-OH is 6. The smallest absolute Gasteiger partial charge is 0.145 e. The summed E-state index contributed by atoms with van der Waals surface area (Å²) in [6.07, 6.45) is 2.32. The van der Waals surface area contributed by atoms with Crippen LogP contribution in [-0.2, 0) is 4.79 Å². The highest BCUT2D eigenvalue weighted by Gasteiger charge is 2.65. The average Bonchev–Trinajstić information content (AvgIpc) is 3.10. The summed E-state index contributed by atoms with van der Waals surface area (Å²) in [6, 6.07) is 0. The summed E-state index contributed by atoms with van der Waals surface area (Å²) in [5.41, 5.74) is -1.81. The summed E-state index contributed by atoms with van der Waals surface area (Å²) in [5, 5.41) is 62.6. The Kier molecular flexibility index (Phi) is 8.69. The Labute approximate surface area is 203 Å². The first-order valence-electron chi connectivity index (χ1n) is 13.1. The molecule has 0 saturated heterocycles. The molecule has 0 aromatic carbocycles. The average molecular weight is 483 g/mol. The summed E-state index contributed by atoms with van der Waals surface area (Å²) in [4.78, 5) is 14.0. The number of rotatable bonds is 8. The quantitative estimate of drug-likeness (QED) is 0.289. The second kappa shape index (κ2) is 10.7. The molecule has 0 aromatic rings. The normalized spacial score (nSPS) is 46.3. The van der Waals surface area contributed by atoms with E-state index in [1.807, 2.05) is 0 Å². The minimum atomic E-state index is -1.48. The van der Waals surface area contributed by atoms with E-state index in [2.05, 4.69) is 39.8 Å². The minimum absolute atomic E-state index is 0.00673. The molecule has 0 heterocycles. The highest BCUT2D eigenvalue weighted by atomic mass is 16.4. The van der Waals surface area contributed by atoms with E-state index < -0.39 is 48.3 Å². The first kappa shape index (κ1) is 27.8. The topological polar surface area (TPSA) is 138 Å². The molecule has 7 nitrogen and oxygen atoms in total. The molecule has 3 rings (SSSR count). The molecule has 3 aliphatic carbocycles. The van der Waals surface area contributed by atoms with Gasteiger partial charge in [0.2, 0.25) is 0 Å². The predicted molar refractivity (Wildman–Crippen MR) is 129 cm³/mol. The van der Waals surface area contributed by atoms with Crippen LogP contribution in [0.1, 0.15) is 66.2 Å². The van der Waals surface area contributed by atoms with Gasteiger partial charge in [0.05, 0.1) is 30.3 Å². The van der Waals surface area contributed by atoms with Crippen LogP contribution < -0.4 is 0 Å². The molecule has 0 radical (unpaired) electrons. The SMILES string of the molecule is CC(C)C/C=C/[C@@H](C)[C@H]1CC[C@@H]([C@@H]2C[C@@H](O)[C@H]3[C@H](O)[C@@H](O)[C@H](O)C[C@]3(CO)C2=O)[C@]1(C)CCO. The van der Waals surface area contributed by atoms with Gasteiger partial charge in [0, 0.05) is 18.4 Å². The maximum atomic E-state index is 14.0. The van der Waals surface area contributed by atoms with Crippen molar-refractivity contribution in [3.05, 3.63) is 12.2 Å². The van der Waals surface area contributed by atoms with Gasteiger partial charge in [-0.3, -0.25) is 4.79 Å². The van der Waals surface area contributed by atoms with Gasteiger partial charge in [-0.05, 0) is 67.6 Å². The molecule has 0 unspecified atom stereocenters. The van der Waals surface area contributed by atoms with Crippen molar-refractivity contribution >= 4 is 5.78 Å². The van der Waals surface area contributed by atoms with E-state index in [0.29, 0.717) is 12.3 Å². The van der Waals surface area contributed by atoms with Crippen LogP contribution in [0.4, 0.5) is 0 Å².